The highest BCUT2D eigenvalue weighted by Crippen LogP contribution is 2.19. The number of methoxy groups -OCH3 is 1. The van der Waals surface area contributed by atoms with Crippen molar-refractivity contribution in [2.24, 2.45) is 5.10 Å². The number of hydrogen-bond donors (Lipinski definition) is 1. The monoisotopic (exact) mass is 351 g/mol. The van der Waals surface area contributed by atoms with Crippen LogP contribution in [0.25, 0.3) is 0 Å². The van der Waals surface area contributed by atoms with Crippen LogP contribution in [0.5, 0.6) is 0 Å². The van der Waals surface area contributed by atoms with Gasteiger partial charge in [0.1, 0.15) is 0 Å². The highest BCUT2D eigenvalue weighted by molar-refractivity contribution is 8.14. The Bertz CT molecular complexity index is 596. The van der Waals surface area contributed by atoms with Gasteiger partial charge in [0, 0.05) is 25.8 Å². The van der Waals surface area contributed by atoms with Crippen molar-refractivity contribution in [2.75, 3.05) is 31.4 Å². The van der Waals surface area contributed by atoms with Gasteiger partial charge in [-0.2, -0.15) is 0 Å². The maximum atomic E-state index is 11.7. The van der Waals surface area contributed by atoms with Gasteiger partial charge in [0.15, 0.2) is 0 Å². The number of ether oxygens (including phenoxy) is 2. The van der Waals surface area contributed by atoms with E-state index in [4.69, 9.17) is 9.47 Å². The van der Waals surface area contributed by atoms with E-state index in [9.17, 15) is 9.59 Å². The lowest BCUT2D eigenvalue weighted by Crippen LogP contribution is -2.29. The molecule has 130 valence electrons. The van der Waals surface area contributed by atoms with Gasteiger partial charge >= 0.3 is 5.24 Å². The van der Waals surface area contributed by atoms with Crippen LogP contribution in [0.3, 0.4) is 0 Å². The molecule has 1 fully saturated rings. The number of nitrogens with one attached hydrogen (secondary N) is 1. The van der Waals surface area contributed by atoms with Crippen molar-refractivity contribution in [2.45, 2.75) is 19.9 Å². The standard InChI is InChI=1S/C13H15N3O3S.C3H6O/c1-9(17)14-11-5-3-10(4-6-11)7-16-13(18)20-8-12(15-16)19-2;1-2-4-3-1/h3-6H,7-8H2,1-2H3,(H,14,17);1-3H2. The van der Waals surface area contributed by atoms with Gasteiger partial charge in [-0.05, 0) is 24.1 Å². The molecule has 2 amide bonds. The highest BCUT2D eigenvalue weighted by atomic mass is 32.2. The lowest BCUT2D eigenvalue weighted by molar-refractivity contribution is -0.114. The molecule has 0 bridgehead atoms. The molecule has 0 aliphatic carbocycles. The Morgan fingerprint density at radius 1 is 1.38 bits per heavy atom. The van der Waals surface area contributed by atoms with Gasteiger partial charge in [0.25, 0.3) is 0 Å². The smallest absolute Gasteiger partial charge is 0.302 e. The number of hydrogen-bond acceptors (Lipinski definition) is 6. The molecule has 2 heterocycles. The predicted octanol–water partition coefficient (Wildman–Crippen LogP) is 2.68. The molecule has 0 aromatic heterocycles. The molecule has 24 heavy (non-hydrogen) atoms. The molecule has 0 saturated carbocycles. The van der Waals surface area contributed by atoms with Gasteiger partial charge in [0.05, 0.1) is 19.4 Å². The second-order valence-corrected chi connectivity index (χ2v) is 6.08. The third-order valence-corrected chi connectivity index (χ3v) is 4.03. The number of benzene rings is 1. The molecule has 7 nitrogen and oxygen atoms in total. The molecular formula is C16H21N3O4S. The van der Waals surface area contributed by atoms with Crippen molar-refractivity contribution in [3.63, 3.8) is 0 Å². The quantitative estimate of drug-likeness (QED) is 0.905. The zero-order chi connectivity index (χ0) is 17.4. The topological polar surface area (TPSA) is 80.2 Å². The average molecular weight is 351 g/mol. The van der Waals surface area contributed by atoms with Crippen LogP contribution in [0, 0.1) is 0 Å². The maximum absolute atomic E-state index is 11.7. The Kier molecular flexibility index (Phi) is 7.07. The first-order valence-electron chi connectivity index (χ1n) is 7.58. The summed E-state index contributed by atoms with van der Waals surface area (Å²) in [4.78, 5) is 22.7. The van der Waals surface area contributed by atoms with Crippen molar-refractivity contribution < 1.29 is 19.1 Å². The van der Waals surface area contributed by atoms with Crippen molar-refractivity contribution in [1.82, 2.24) is 5.01 Å². The van der Waals surface area contributed by atoms with Gasteiger partial charge in [-0.25, -0.2) is 5.01 Å². The molecule has 0 radical (unpaired) electrons. The maximum Gasteiger partial charge on any atom is 0.302 e. The van der Waals surface area contributed by atoms with E-state index in [1.165, 1.54) is 25.5 Å². The molecule has 8 heteroatoms. The molecule has 1 aromatic carbocycles. The summed E-state index contributed by atoms with van der Waals surface area (Å²) in [5.41, 5.74) is 1.65. The Labute approximate surface area is 145 Å². The fraction of sp³-hybridized carbons (Fsp3) is 0.438. The Hall–Kier alpha value is -2.06. The summed E-state index contributed by atoms with van der Waals surface area (Å²) in [5.74, 6) is 0.881. The predicted molar refractivity (Wildman–Crippen MR) is 94.0 cm³/mol. The summed E-state index contributed by atoms with van der Waals surface area (Å²) in [6, 6.07) is 7.28. The van der Waals surface area contributed by atoms with Gasteiger partial charge < -0.3 is 14.8 Å². The van der Waals surface area contributed by atoms with Crippen molar-refractivity contribution in [3.05, 3.63) is 29.8 Å². The summed E-state index contributed by atoms with van der Waals surface area (Å²) < 4.78 is 9.78. The average Bonchev–Trinajstić information content (AvgIpc) is 2.49. The second-order valence-electron chi connectivity index (χ2n) is 5.15. The Morgan fingerprint density at radius 3 is 2.50 bits per heavy atom. The van der Waals surface area contributed by atoms with E-state index in [1.807, 2.05) is 12.1 Å². The molecule has 1 aromatic rings. The summed E-state index contributed by atoms with van der Waals surface area (Å²) in [7, 11) is 1.54. The highest BCUT2D eigenvalue weighted by Gasteiger charge is 2.21. The summed E-state index contributed by atoms with van der Waals surface area (Å²) in [5, 5.41) is 8.10. The molecule has 2 aliphatic rings. The van der Waals surface area contributed by atoms with Crippen LogP contribution >= 0.6 is 11.8 Å². The van der Waals surface area contributed by atoms with Crippen molar-refractivity contribution >= 4 is 34.5 Å². The molecule has 0 unspecified atom stereocenters. The largest absolute Gasteiger partial charge is 0.482 e. The number of anilines is 1. The zero-order valence-corrected chi connectivity index (χ0v) is 14.6. The minimum absolute atomic E-state index is 0.100. The SMILES string of the molecule is C1COC1.COC1=NN(Cc2ccc(NC(C)=O)cc2)C(=O)SC1. The lowest BCUT2D eigenvalue weighted by atomic mass is 10.2. The Morgan fingerprint density at radius 2 is 2.00 bits per heavy atom. The second kappa shape index (κ2) is 9.29. The van der Waals surface area contributed by atoms with Crippen LogP contribution in [-0.2, 0) is 20.8 Å². The molecule has 0 atom stereocenters. The zero-order valence-electron chi connectivity index (χ0n) is 13.8. The summed E-state index contributed by atoms with van der Waals surface area (Å²) in [6.45, 7) is 3.83. The molecular weight excluding hydrogens is 330 g/mol. The number of thioether (sulfide) groups is 1. The first kappa shape index (κ1) is 18.3. The number of rotatable bonds is 3. The van der Waals surface area contributed by atoms with E-state index in [0.29, 0.717) is 18.2 Å². The van der Waals surface area contributed by atoms with Crippen LogP contribution in [0.4, 0.5) is 10.5 Å². The van der Waals surface area contributed by atoms with Gasteiger partial charge in [-0.15, -0.1) is 5.10 Å². The number of nitrogens with zero attached hydrogens (tertiary/aromatic N) is 2. The van der Waals surface area contributed by atoms with Gasteiger partial charge in [-0.3, -0.25) is 9.59 Å². The Balaban J connectivity index is 0.000000454. The molecule has 1 saturated heterocycles. The lowest BCUT2D eigenvalue weighted by Gasteiger charge is -2.21. The third-order valence-electron chi connectivity index (χ3n) is 3.18. The van der Waals surface area contributed by atoms with E-state index >= 15 is 0 Å². The fourth-order valence-electron chi connectivity index (χ4n) is 1.82. The fourth-order valence-corrected chi connectivity index (χ4v) is 2.49. The first-order chi connectivity index (χ1) is 11.6. The number of carbonyl (C=O) groups is 2. The van der Waals surface area contributed by atoms with Crippen molar-refractivity contribution in [3.8, 4) is 0 Å². The number of amides is 2. The van der Waals surface area contributed by atoms with E-state index in [2.05, 4.69) is 10.4 Å². The van der Waals surface area contributed by atoms with Crippen LogP contribution in [-0.4, -0.2) is 48.1 Å². The third kappa shape index (κ3) is 5.86. The molecule has 3 rings (SSSR count). The minimum atomic E-state index is -0.116. The number of carbonyl (C=O) groups excluding carboxylic acids is 2. The minimum Gasteiger partial charge on any atom is -0.482 e. The first-order valence-corrected chi connectivity index (χ1v) is 8.57. The normalized spacial score (nSPS) is 16.3. The van der Waals surface area contributed by atoms with Crippen LogP contribution in [0.1, 0.15) is 18.9 Å². The van der Waals surface area contributed by atoms with Crippen LogP contribution in [0.2, 0.25) is 0 Å². The van der Waals surface area contributed by atoms with Crippen LogP contribution < -0.4 is 5.32 Å². The van der Waals surface area contributed by atoms with E-state index in [0.717, 1.165) is 36.2 Å². The van der Waals surface area contributed by atoms with Gasteiger partial charge in [-0.1, -0.05) is 23.9 Å². The van der Waals surface area contributed by atoms with Gasteiger partial charge in [0.2, 0.25) is 11.8 Å². The molecule has 0 spiro atoms. The van der Waals surface area contributed by atoms with Crippen LogP contribution in [0.15, 0.2) is 29.4 Å². The summed E-state index contributed by atoms with van der Waals surface area (Å²) >= 11 is 1.16. The molecule has 2 aliphatic heterocycles. The molecule has 1 N–H and O–H groups in total. The number of hydrazone groups is 1. The van der Waals surface area contributed by atoms with Crippen molar-refractivity contribution in [1.29, 1.82) is 0 Å². The summed E-state index contributed by atoms with van der Waals surface area (Å²) in [6.07, 6.45) is 1.28. The van der Waals surface area contributed by atoms with E-state index in [-0.39, 0.29) is 11.1 Å². The van der Waals surface area contributed by atoms with E-state index in [1.54, 1.807) is 12.1 Å². The van der Waals surface area contributed by atoms with E-state index < -0.39 is 0 Å².